The van der Waals surface area contributed by atoms with Gasteiger partial charge in [0.05, 0.1) is 0 Å². The number of aryl methyl sites for hydroxylation is 1. The van der Waals surface area contributed by atoms with Crippen molar-refractivity contribution >= 4 is 11.3 Å². The predicted molar refractivity (Wildman–Crippen MR) is 64.1 cm³/mol. The highest BCUT2D eigenvalue weighted by molar-refractivity contribution is 7.10. The molecular weight excluding hydrogens is 242 g/mol. The molecule has 0 aliphatic carbocycles. The van der Waals surface area contributed by atoms with Crippen molar-refractivity contribution in [3.05, 3.63) is 57.3 Å². The molecule has 0 saturated carbocycles. The van der Waals surface area contributed by atoms with Crippen LogP contribution in [-0.2, 0) is 6.42 Å². The van der Waals surface area contributed by atoms with Gasteiger partial charge < -0.3 is 5.11 Å². The number of thiophene rings is 1. The van der Waals surface area contributed by atoms with Gasteiger partial charge in [-0.05, 0) is 29.5 Å². The fourth-order valence-corrected chi connectivity index (χ4v) is 2.75. The maximum atomic E-state index is 13.5. The number of aliphatic hydroxyl groups is 1. The fourth-order valence-electron chi connectivity index (χ4n) is 1.75. The Kier molecular flexibility index (Phi) is 3.54. The number of hydrogen-bond acceptors (Lipinski definition) is 2. The van der Waals surface area contributed by atoms with Crippen LogP contribution in [0.25, 0.3) is 0 Å². The van der Waals surface area contributed by atoms with Crippen LogP contribution < -0.4 is 0 Å². The molecule has 2 rings (SSSR count). The third-order valence-corrected chi connectivity index (χ3v) is 3.70. The van der Waals surface area contributed by atoms with Crippen LogP contribution in [0.1, 0.15) is 29.0 Å². The highest BCUT2D eigenvalue weighted by Crippen LogP contribution is 2.31. The van der Waals surface area contributed by atoms with Crippen LogP contribution in [0.4, 0.5) is 8.78 Å². The minimum atomic E-state index is -1.10. The van der Waals surface area contributed by atoms with Gasteiger partial charge in [0.1, 0.15) is 6.10 Å². The zero-order chi connectivity index (χ0) is 12.4. The molecule has 1 aromatic carbocycles. The molecule has 0 radical (unpaired) electrons. The van der Waals surface area contributed by atoms with Crippen molar-refractivity contribution in [2.75, 3.05) is 0 Å². The topological polar surface area (TPSA) is 20.2 Å². The Morgan fingerprint density at radius 2 is 2.06 bits per heavy atom. The molecule has 0 saturated heterocycles. The number of rotatable bonds is 3. The summed E-state index contributed by atoms with van der Waals surface area (Å²) in [4.78, 5) is 0.678. The Labute approximate surface area is 102 Å². The molecule has 1 atom stereocenters. The summed E-state index contributed by atoms with van der Waals surface area (Å²) in [6.45, 7) is 1.96. The van der Waals surface area contributed by atoms with E-state index in [-0.39, 0.29) is 5.56 Å². The molecule has 0 bridgehead atoms. The second-order valence-corrected chi connectivity index (χ2v) is 4.66. The van der Waals surface area contributed by atoms with Crippen LogP contribution in [-0.4, -0.2) is 5.11 Å². The molecule has 0 amide bonds. The molecule has 2 aromatic rings. The van der Waals surface area contributed by atoms with E-state index in [4.69, 9.17) is 0 Å². The number of hydrogen-bond donors (Lipinski definition) is 1. The minimum absolute atomic E-state index is 0.0119. The largest absolute Gasteiger partial charge is 0.383 e. The lowest BCUT2D eigenvalue weighted by Crippen LogP contribution is -2.04. The van der Waals surface area contributed by atoms with Crippen LogP contribution in [0.5, 0.6) is 0 Å². The summed E-state index contributed by atoms with van der Waals surface area (Å²) in [7, 11) is 0. The van der Waals surface area contributed by atoms with Crippen molar-refractivity contribution in [1.82, 2.24) is 0 Å². The number of aliphatic hydroxyl groups excluding tert-OH is 1. The van der Waals surface area contributed by atoms with E-state index in [1.54, 1.807) is 0 Å². The summed E-state index contributed by atoms with van der Waals surface area (Å²) in [6, 6.07) is 5.74. The van der Waals surface area contributed by atoms with E-state index in [0.717, 1.165) is 18.1 Å². The quantitative estimate of drug-likeness (QED) is 0.886. The van der Waals surface area contributed by atoms with Crippen molar-refractivity contribution in [3.63, 3.8) is 0 Å². The molecule has 90 valence electrons. The van der Waals surface area contributed by atoms with E-state index in [2.05, 4.69) is 0 Å². The van der Waals surface area contributed by atoms with Gasteiger partial charge in [-0.25, -0.2) is 8.78 Å². The van der Waals surface area contributed by atoms with E-state index in [0.29, 0.717) is 4.88 Å². The first kappa shape index (κ1) is 12.2. The van der Waals surface area contributed by atoms with Crippen molar-refractivity contribution in [1.29, 1.82) is 0 Å². The zero-order valence-corrected chi connectivity index (χ0v) is 10.1. The average molecular weight is 254 g/mol. The first-order chi connectivity index (χ1) is 8.15. The summed E-state index contributed by atoms with van der Waals surface area (Å²) in [5.41, 5.74) is 0.952. The van der Waals surface area contributed by atoms with E-state index in [1.165, 1.54) is 23.5 Å². The van der Waals surface area contributed by atoms with Crippen LogP contribution in [0.2, 0.25) is 0 Å². The van der Waals surface area contributed by atoms with Gasteiger partial charge in [0, 0.05) is 10.4 Å². The zero-order valence-electron chi connectivity index (χ0n) is 9.28. The summed E-state index contributed by atoms with van der Waals surface area (Å²) >= 11 is 1.35. The van der Waals surface area contributed by atoms with E-state index < -0.39 is 17.7 Å². The monoisotopic (exact) mass is 254 g/mol. The Hall–Kier alpha value is -1.26. The van der Waals surface area contributed by atoms with Gasteiger partial charge in [-0.15, -0.1) is 11.3 Å². The van der Waals surface area contributed by atoms with Crippen LogP contribution in [0.15, 0.2) is 29.6 Å². The highest BCUT2D eigenvalue weighted by Gasteiger charge is 2.20. The van der Waals surface area contributed by atoms with Crippen molar-refractivity contribution < 1.29 is 13.9 Å². The molecule has 1 N–H and O–H groups in total. The molecule has 1 nitrogen and oxygen atoms in total. The SMILES string of the molecule is CCc1ccsc1C(O)c1cccc(F)c1F. The summed E-state index contributed by atoms with van der Waals surface area (Å²) in [5.74, 6) is -1.91. The maximum absolute atomic E-state index is 13.5. The lowest BCUT2D eigenvalue weighted by atomic mass is 10.0. The molecule has 0 spiro atoms. The highest BCUT2D eigenvalue weighted by atomic mass is 32.1. The Bertz CT molecular complexity index is 522. The predicted octanol–water partition coefficient (Wildman–Crippen LogP) is 3.67. The molecule has 1 heterocycles. The second-order valence-electron chi connectivity index (χ2n) is 3.71. The molecule has 0 fully saturated rings. The van der Waals surface area contributed by atoms with Gasteiger partial charge in [-0.3, -0.25) is 0 Å². The molecular formula is C13H12F2OS. The van der Waals surface area contributed by atoms with Gasteiger partial charge in [0.2, 0.25) is 0 Å². The molecule has 1 aromatic heterocycles. The standard InChI is InChI=1S/C13H12F2OS/c1-2-8-6-7-17-13(8)12(16)9-4-3-5-10(14)11(9)15/h3-7,12,16H,2H2,1H3. The van der Waals surface area contributed by atoms with E-state index in [1.807, 2.05) is 18.4 Å². The van der Waals surface area contributed by atoms with Gasteiger partial charge in [-0.2, -0.15) is 0 Å². The fraction of sp³-hybridized carbons (Fsp3) is 0.231. The van der Waals surface area contributed by atoms with Gasteiger partial charge in [0.25, 0.3) is 0 Å². The normalized spacial score (nSPS) is 12.7. The second kappa shape index (κ2) is 4.94. The summed E-state index contributed by atoms with van der Waals surface area (Å²) < 4.78 is 26.6. The van der Waals surface area contributed by atoms with Crippen molar-refractivity contribution in [2.45, 2.75) is 19.4 Å². The lowest BCUT2D eigenvalue weighted by Gasteiger charge is -2.12. The van der Waals surface area contributed by atoms with Crippen LogP contribution in [0.3, 0.4) is 0 Å². The van der Waals surface area contributed by atoms with E-state index in [9.17, 15) is 13.9 Å². The number of benzene rings is 1. The van der Waals surface area contributed by atoms with Gasteiger partial charge in [-0.1, -0.05) is 19.1 Å². The van der Waals surface area contributed by atoms with Gasteiger partial charge >= 0.3 is 0 Å². The Morgan fingerprint density at radius 1 is 1.29 bits per heavy atom. The Balaban J connectivity index is 2.44. The number of halogens is 2. The first-order valence-electron chi connectivity index (χ1n) is 5.33. The van der Waals surface area contributed by atoms with Crippen molar-refractivity contribution in [3.8, 4) is 0 Å². The first-order valence-corrected chi connectivity index (χ1v) is 6.21. The third-order valence-electron chi connectivity index (χ3n) is 2.69. The summed E-state index contributed by atoms with van der Waals surface area (Å²) in [6.07, 6.45) is -0.340. The average Bonchev–Trinajstić information content (AvgIpc) is 2.80. The molecule has 0 aliphatic heterocycles. The molecule has 4 heteroatoms. The van der Waals surface area contributed by atoms with E-state index >= 15 is 0 Å². The van der Waals surface area contributed by atoms with Gasteiger partial charge in [0.15, 0.2) is 11.6 Å². The lowest BCUT2D eigenvalue weighted by molar-refractivity contribution is 0.216. The summed E-state index contributed by atoms with van der Waals surface area (Å²) in [5, 5.41) is 11.9. The third kappa shape index (κ3) is 2.23. The maximum Gasteiger partial charge on any atom is 0.164 e. The molecule has 17 heavy (non-hydrogen) atoms. The Morgan fingerprint density at radius 3 is 2.76 bits per heavy atom. The smallest absolute Gasteiger partial charge is 0.164 e. The molecule has 1 unspecified atom stereocenters. The minimum Gasteiger partial charge on any atom is -0.383 e. The van der Waals surface area contributed by atoms with Crippen LogP contribution in [0, 0.1) is 11.6 Å². The van der Waals surface area contributed by atoms with Crippen molar-refractivity contribution in [2.24, 2.45) is 0 Å². The van der Waals surface area contributed by atoms with Crippen LogP contribution >= 0.6 is 11.3 Å². The molecule has 0 aliphatic rings.